The van der Waals surface area contributed by atoms with Gasteiger partial charge in [0.1, 0.15) is 29.8 Å². The van der Waals surface area contributed by atoms with Crippen molar-refractivity contribution < 1.29 is 23.9 Å². The van der Waals surface area contributed by atoms with Gasteiger partial charge in [0.15, 0.2) is 0 Å². The number of hydrogen-bond acceptors (Lipinski definition) is 7. The van der Waals surface area contributed by atoms with Crippen molar-refractivity contribution >= 4 is 23.9 Å². The molecule has 294 valence electrons. The number of ether oxygens (including phenoxy) is 1. The second kappa shape index (κ2) is 17.0. The second-order valence-corrected chi connectivity index (χ2v) is 14.5. The van der Waals surface area contributed by atoms with Crippen LogP contribution in [0, 0.1) is 5.92 Å². The van der Waals surface area contributed by atoms with Gasteiger partial charge in [-0.1, -0.05) is 105 Å². The first-order valence-electron chi connectivity index (χ1n) is 19.1. The number of aromatic nitrogens is 4. The van der Waals surface area contributed by atoms with Gasteiger partial charge in [0, 0.05) is 20.1 Å². The predicted molar refractivity (Wildman–Crippen MR) is 215 cm³/mol. The van der Waals surface area contributed by atoms with Gasteiger partial charge in [0.05, 0.1) is 36.9 Å². The molecule has 7 rings (SSSR count). The average molecular weight is 770 g/mol. The number of H-pyrrole nitrogens is 2. The minimum absolute atomic E-state index is 0.134. The number of rotatable bonds is 11. The highest BCUT2D eigenvalue weighted by Crippen LogP contribution is 2.35. The van der Waals surface area contributed by atoms with Gasteiger partial charge in [-0.3, -0.25) is 9.59 Å². The Balaban J connectivity index is 1.01. The van der Waals surface area contributed by atoms with E-state index in [0.29, 0.717) is 30.3 Å². The molecule has 0 spiro atoms. The van der Waals surface area contributed by atoms with Crippen LogP contribution in [-0.2, 0) is 14.3 Å². The number of likely N-dealkylation sites (tertiary alicyclic amines) is 1. The van der Waals surface area contributed by atoms with Crippen molar-refractivity contribution in [3.05, 3.63) is 121 Å². The van der Waals surface area contributed by atoms with Gasteiger partial charge >= 0.3 is 12.1 Å². The molecule has 14 heteroatoms. The van der Waals surface area contributed by atoms with Crippen LogP contribution in [0.15, 0.2) is 103 Å². The Morgan fingerprint density at radius 1 is 0.772 bits per heavy atom. The molecule has 0 bridgehead atoms. The van der Waals surface area contributed by atoms with Crippen molar-refractivity contribution in [1.29, 1.82) is 0 Å². The molecule has 5 amide bonds. The lowest BCUT2D eigenvalue weighted by Crippen LogP contribution is -2.51. The van der Waals surface area contributed by atoms with E-state index < -0.39 is 24.2 Å². The van der Waals surface area contributed by atoms with Crippen LogP contribution in [0.1, 0.15) is 62.0 Å². The molecule has 1 saturated heterocycles. The highest BCUT2D eigenvalue weighted by atomic mass is 16.5. The van der Waals surface area contributed by atoms with E-state index in [1.165, 1.54) is 14.2 Å². The summed E-state index contributed by atoms with van der Waals surface area (Å²) in [6.45, 7) is 4.74. The van der Waals surface area contributed by atoms with Crippen LogP contribution < -0.4 is 16.0 Å². The topological polar surface area (TPSA) is 177 Å². The van der Waals surface area contributed by atoms with Gasteiger partial charge in [0.2, 0.25) is 11.8 Å². The summed E-state index contributed by atoms with van der Waals surface area (Å²) in [4.78, 5) is 71.3. The van der Waals surface area contributed by atoms with E-state index in [9.17, 15) is 19.2 Å². The van der Waals surface area contributed by atoms with Gasteiger partial charge in [-0.25, -0.2) is 19.6 Å². The number of carbonyl (C=O) groups excluding carboxylic acids is 4. The third-order valence-electron chi connectivity index (χ3n) is 10.6. The summed E-state index contributed by atoms with van der Waals surface area (Å²) in [5, 5.41) is 8.04. The molecule has 0 radical (unpaired) electrons. The second-order valence-electron chi connectivity index (χ2n) is 14.5. The molecule has 4 atom stereocenters. The first-order valence-corrected chi connectivity index (χ1v) is 19.1. The number of aromatic amines is 2. The number of methoxy groups -OCH3 is 1. The van der Waals surface area contributed by atoms with Gasteiger partial charge in [0.25, 0.3) is 0 Å². The number of imidazole rings is 2. The molecular formula is C43H47N9O5. The average Bonchev–Trinajstić information content (AvgIpc) is 4.09. The van der Waals surface area contributed by atoms with E-state index in [2.05, 4.69) is 55.2 Å². The fraction of sp³-hybridized carbons (Fsp3) is 0.302. The monoisotopic (exact) mass is 769 g/mol. The van der Waals surface area contributed by atoms with Crippen LogP contribution in [0.3, 0.4) is 0 Å². The molecule has 2 aromatic heterocycles. The number of benzene rings is 3. The number of amides is 5. The Morgan fingerprint density at radius 2 is 1.37 bits per heavy atom. The summed E-state index contributed by atoms with van der Waals surface area (Å²) in [5.41, 5.74) is 6.39. The lowest BCUT2D eigenvalue weighted by molar-refractivity contribution is -0.135. The van der Waals surface area contributed by atoms with Crippen LogP contribution in [0.2, 0.25) is 0 Å². The maximum absolute atomic E-state index is 13.9. The normalized spacial score (nSPS) is 17.4. The molecule has 14 nitrogen and oxygen atoms in total. The van der Waals surface area contributed by atoms with Gasteiger partial charge in [-0.15, -0.1) is 0 Å². The maximum Gasteiger partial charge on any atom is 0.407 e. The summed E-state index contributed by atoms with van der Waals surface area (Å²) in [7, 11) is 2.80. The van der Waals surface area contributed by atoms with Gasteiger partial charge in [-0.05, 0) is 46.6 Å². The molecule has 4 heterocycles. The molecule has 2 aliphatic heterocycles. The van der Waals surface area contributed by atoms with Crippen LogP contribution in [0.5, 0.6) is 0 Å². The van der Waals surface area contributed by atoms with Crippen molar-refractivity contribution in [1.82, 2.24) is 45.7 Å². The fourth-order valence-corrected chi connectivity index (χ4v) is 7.45. The predicted octanol–water partition coefficient (Wildman–Crippen LogP) is 6.29. The first kappa shape index (κ1) is 38.6. The van der Waals surface area contributed by atoms with Crippen LogP contribution >= 0.6 is 0 Å². The number of nitrogens with one attached hydrogen (secondary N) is 5. The van der Waals surface area contributed by atoms with E-state index in [1.807, 2.05) is 85.5 Å². The quantitative estimate of drug-likeness (QED) is 0.0981. The molecule has 0 saturated carbocycles. The summed E-state index contributed by atoms with van der Waals surface area (Å²) >= 11 is 0. The Kier molecular flexibility index (Phi) is 11.5. The zero-order valence-electron chi connectivity index (χ0n) is 32.4. The minimum atomic E-state index is -0.820. The molecular weight excluding hydrogens is 723 g/mol. The first-order chi connectivity index (χ1) is 27.6. The van der Waals surface area contributed by atoms with Crippen molar-refractivity contribution in [2.45, 2.75) is 50.9 Å². The van der Waals surface area contributed by atoms with Crippen molar-refractivity contribution in [3.63, 3.8) is 0 Å². The van der Waals surface area contributed by atoms with Crippen LogP contribution in [-0.4, -0.2) is 87.0 Å². The Bertz CT molecular complexity index is 2230. The Hall–Kier alpha value is -6.70. The third-order valence-corrected chi connectivity index (χ3v) is 10.6. The highest BCUT2D eigenvalue weighted by molar-refractivity contribution is 5.89. The zero-order chi connectivity index (χ0) is 40.1. The van der Waals surface area contributed by atoms with E-state index in [1.54, 1.807) is 17.3 Å². The number of hydrogen-bond donors (Lipinski definition) is 5. The van der Waals surface area contributed by atoms with E-state index in [0.717, 1.165) is 46.5 Å². The number of carbonyl (C=O) groups is 4. The molecule has 57 heavy (non-hydrogen) atoms. The summed E-state index contributed by atoms with van der Waals surface area (Å²) in [5.74, 6) is 0.832. The van der Waals surface area contributed by atoms with E-state index in [4.69, 9.17) is 9.72 Å². The van der Waals surface area contributed by atoms with Crippen LogP contribution in [0.25, 0.3) is 33.6 Å². The summed E-state index contributed by atoms with van der Waals surface area (Å²) < 4.78 is 4.74. The van der Waals surface area contributed by atoms with Crippen molar-refractivity contribution in [3.8, 4) is 33.6 Å². The molecule has 1 fully saturated rings. The lowest BCUT2D eigenvalue weighted by atomic mass is 10.0. The molecule has 3 aromatic carbocycles. The SMILES string of the molecule is CNC(=O)N[C@@H](C(=O)N1CCC[C@H]1c1ncc(-c2ccc(-c3ccc(-c4cnc([C@@H]5C=CCN5C(=O)[C@@H](NC(=O)OC)C(C)C)[nH]4)cc3)cc2)[nH]1)c1ccccc1. The number of nitrogens with zero attached hydrogens (tertiary/aromatic N) is 4. The van der Waals surface area contributed by atoms with Crippen molar-refractivity contribution in [2.75, 3.05) is 27.2 Å². The number of alkyl carbamates (subject to hydrolysis) is 1. The van der Waals surface area contributed by atoms with Gasteiger partial charge in [-0.2, -0.15) is 0 Å². The fourth-order valence-electron chi connectivity index (χ4n) is 7.45. The molecule has 0 unspecified atom stereocenters. The molecule has 5 N–H and O–H groups in total. The molecule has 0 aliphatic carbocycles. The molecule has 5 aromatic rings. The largest absolute Gasteiger partial charge is 0.453 e. The number of urea groups is 1. The van der Waals surface area contributed by atoms with Crippen molar-refractivity contribution in [2.24, 2.45) is 5.92 Å². The zero-order valence-corrected chi connectivity index (χ0v) is 32.4. The minimum Gasteiger partial charge on any atom is -0.453 e. The third kappa shape index (κ3) is 8.30. The summed E-state index contributed by atoms with van der Waals surface area (Å²) in [6, 6.07) is 23.1. The lowest BCUT2D eigenvalue weighted by Gasteiger charge is -2.29. The smallest absolute Gasteiger partial charge is 0.407 e. The van der Waals surface area contributed by atoms with E-state index >= 15 is 0 Å². The highest BCUT2D eigenvalue weighted by Gasteiger charge is 2.37. The molecule has 2 aliphatic rings. The maximum atomic E-state index is 13.9. The standard InChI is InChI=1S/C43H47N9O5/c1-26(2)36(50-43(56)57-4)40(53)51-22-8-12-34(51)38-45-24-32(47-38)29-18-14-27(15-19-29)28-16-20-30(21-17-28)33-25-46-39(48-33)35-13-9-23-52(35)41(54)37(49-42(55)44-3)31-10-6-5-7-11-31/h5-8,10-12,14-21,24-26,34-37H,9,13,22-23H2,1-4H3,(H,45,47)(H,46,48)(H,50,56)(H2,44,49,55)/t34-,35-,36-,37+/m0/s1. The van der Waals surface area contributed by atoms with E-state index in [-0.39, 0.29) is 29.8 Å². The Labute approximate surface area is 331 Å². The van der Waals surface area contributed by atoms with Crippen LogP contribution in [0.4, 0.5) is 9.59 Å². The van der Waals surface area contributed by atoms with Gasteiger partial charge < -0.3 is 40.5 Å². The summed E-state index contributed by atoms with van der Waals surface area (Å²) in [6.07, 6.45) is 8.38. The Morgan fingerprint density at radius 3 is 1.96 bits per heavy atom.